The number of hydrogen-bond acceptors (Lipinski definition) is 8. The molecule has 46 heavy (non-hydrogen) atoms. The van der Waals surface area contributed by atoms with Crippen molar-refractivity contribution in [1.82, 2.24) is 14.3 Å². The molecule has 0 amide bonds. The number of aromatic nitrogens is 3. The third kappa shape index (κ3) is 6.05. The van der Waals surface area contributed by atoms with Gasteiger partial charge in [0.1, 0.15) is 18.1 Å². The molecule has 0 saturated heterocycles. The predicted octanol–water partition coefficient (Wildman–Crippen LogP) is 6.31. The van der Waals surface area contributed by atoms with Gasteiger partial charge in [0, 0.05) is 22.2 Å². The van der Waals surface area contributed by atoms with E-state index in [4.69, 9.17) is 19.6 Å². The highest BCUT2D eigenvalue weighted by atomic mass is 79.9. The Morgan fingerprint density at radius 1 is 1.13 bits per heavy atom. The van der Waals surface area contributed by atoms with Crippen LogP contribution in [0, 0.1) is 0 Å². The average Bonchev–Trinajstić information content (AvgIpc) is 3.63. The normalized spacial score (nSPS) is 14.5. The number of thiazole rings is 1. The first-order valence-electron chi connectivity index (χ1n) is 14.3. The number of para-hydroxylation sites is 1. The quantitative estimate of drug-likeness (QED) is 0.101. The molecule has 0 aliphatic carbocycles. The lowest BCUT2D eigenvalue weighted by atomic mass is 9.96. The Labute approximate surface area is 282 Å². The van der Waals surface area contributed by atoms with E-state index in [9.17, 15) is 9.59 Å². The van der Waals surface area contributed by atoms with E-state index in [2.05, 4.69) is 22.5 Å². The van der Waals surface area contributed by atoms with Gasteiger partial charge < -0.3 is 9.47 Å². The standard InChI is InChI=1S/C35H29BrN4O4S2/c1-5-17-44-34(42)30-21(2)37-35-40(32(30)22-11-14-26(45-4)15-12-22)33(41)29(46-35)19-24-20-39(25-9-7-6-8-10-25)38-31(24)23-13-16-28(43-3)27(36)18-23/h5-16,18-20,32H,1,17H2,2-4H3. The highest BCUT2D eigenvalue weighted by Gasteiger charge is 2.33. The molecule has 2 aromatic heterocycles. The van der Waals surface area contributed by atoms with E-state index in [0.29, 0.717) is 32.0 Å². The topological polar surface area (TPSA) is 87.7 Å². The van der Waals surface area contributed by atoms with Crippen molar-refractivity contribution < 1.29 is 14.3 Å². The number of hydrogen-bond donors (Lipinski definition) is 0. The van der Waals surface area contributed by atoms with Crippen LogP contribution in [0.4, 0.5) is 0 Å². The predicted molar refractivity (Wildman–Crippen MR) is 186 cm³/mol. The maximum Gasteiger partial charge on any atom is 0.338 e. The van der Waals surface area contributed by atoms with E-state index in [1.54, 1.807) is 35.0 Å². The summed E-state index contributed by atoms with van der Waals surface area (Å²) >= 11 is 6.48. The van der Waals surface area contributed by atoms with Crippen molar-refractivity contribution in [3.05, 3.63) is 138 Å². The summed E-state index contributed by atoms with van der Waals surface area (Å²) < 4.78 is 15.5. The van der Waals surface area contributed by atoms with Crippen LogP contribution in [-0.4, -0.2) is 40.3 Å². The van der Waals surface area contributed by atoms with Crippen LogP contribution in [0.3, 0.4) is 0 Å². The average molecular weight is 714 g/mol. The minimum Gasteiger partial charge on any atom is -0.496 e. The van der Waals surface area contributed by atoms with Crippen molar-refractivity contribution in [2.75, 3.05) is 20.0 Å². The number of thioether (sulfide) groups is 1. The zero-order valence-electron chi connectivity index (χ0n) is 25.3. The van der Waals surface area contributed by atoms with E-state index in [1.807, 2.05) is 91.3 Å². The van der Waals surface area contributed by atoms with Crippen LogP contribution in [0.15, 0.2) is 122 Å². The lowest BCUT2D eigenvalue weighted by Crippen LogP contribution is -2.39. The Hall–Kier alpha value is -4.45. The lowest BCUT2D eigenvalue weighted by molar-refractivity contribution is -0.138. The molecule has 1 unspecified atom stereocenters. The molecule has 11 heteroatoms. The van der Waals surface area contributed by atoms with Crippen molar-refractivity contribution in [2.24, 2.45) is 4.99 Å². The molecule has 8 nitrogen and oxygen atoms in total. The Morgan fingerprint density at radius 3 is 2.57 bits per heavy atom. The first kappa shape index (κ1) is 31.5. The Balaban J connectivity index is 1.55. The molecule has 1 atom stereocenters. The van der Waals surface area contributed by atoms with Crippen LogP contribution in [0.25, 0.3) is 23.0 Å². The number of esters is 1. The summed E-state index contributed by atoms with van der Waals surface area (Å²) in [7, 11) is 1.62. The molecular formula is C35H29BrN4O4S2. The number of carbonyl (C=O) groups is 1. The molecule has 0 saturated carbocycles. The van der Waals surface area contributed by atoms with Crippen LogP contribution in [0.5, 0.6) is 5.75 Å². The zero-order chi connectivity index (χ0) is 32.4. The highest BCUT2D eigenvalue weighted by molar-refractivity contribution is 9.10. The number of fused-ring (bicyclic) bond motifs is 1. The maximum atomic E-state index is 14.3. The van der Waals surface area contributed by atoms with Gasteiger partial charge in [-0.1, -0.05) is 54.3 Å². The number of methoxy groups -OCH3 is 1. The third-order valence-electron chi connectivity index (χ3n) is 7.48. The van der Waals surface area contributed by atoms with E-state index in [0.717, 1.165) is 31.7 Å². The summed E-state index contributed by atoms with van der Waals surface area (Å²) in [5.41, 5.74) is 4.49. The lowest BCUT2D eigenvalue weighted by Gasteiger charge is -2.24. The van der Waals surface area contributed by atoms with Crippen LogP contribution in [0.2, 0.25) is 0 Å². The van der Waals surface area contributed by atoms with Crippen LogP contribution in [0.1, 0.15) is 24.1 Å². The van der Waals surface area contributed by atoms with E-state index < -0.39 is 12.0 Å². The summed E-state index contributed by atoms with van der Waals surface area (Å²) in [6.07, 6.45) is 7.26. The van der Waals surface area contributed by atoms with Crippen LogP contribution < -0.4 is 19.6 Å². The Bertz CT molecular complexity index is 2170. The first-order chi connectivity index (χ1) is 22.3. The molecule has 5 aromatic rings. The van der Waals surface area contributed by atoms with Gasteiger partial charge in [-0.25, -0.2) is 14.5 Å². The number of ether oxygens (including phenoxy) is 2. The van der Waals surface area contributed by atoms with Gasteiger partial charge in [-0.3, -0.25) is 9.36 Å². The number of allylic oxidation sites excluding steroid dienone is 1. The molecule has 1 aliphatic heterocycles. The maximum absolute atomic E-state index is 14.3. The monoisotopic (exact) mass is 712 g/mol. The number of rotatable bonds is 9. The minimum atomic E-state index is -0.712. The second kappa shape index (κ2) is 13.5. The molecular weight excluding hydrogens is 684 g/mol. The first-order valence-corrected chi connectivity index (χ1v) is 17.1. The molecule has 0 fully saturated rings. The molecule has 6 rings (SSSR count). The molecule has 3 heterocycles. The van der Waals surface area contributed by atoms with Crippen molar-refractivity contribution in [2.45, 2.75) is 17.9 Å². The van der Waals surface area contributed by atoms with Crippen molar-refractivity contribution in [1.29, 1.82) is 0 Å². The van der Waals surface area contributed by atoms with E-state index >= 15 is 0 Å². The van der Waals surface area contributed by atoms with Gasteiger partial charge in [0.2, 0.25) is 0 Å². The largest absolute Gasteiger partial charge is 0.496 e. The fraction of sp³-hybridized carbons (Fsp3) is 0.143. The summed E-state index contributed by atoms with van der Waals surface area (Å²) in [5.74, 6) is 0.162. The fourth-order valence-corrected chi connectivity index (χ4v) is 7.27. The molecule has 3 aromatic carbocycles. The summed E-state index contributed by atoms with van der Waals surface area (Å²) in [6, 6.07) is 22.7. The molecule has 1 aliphatic rings. The van der Waals surface area contributed by atoms with Crippen LogP contribution >= 0.6 is 39.0 Å². The van der Waals surface area contributed by atoms with Gasteiger partial charge in [0.25, 0.3) is 5.56 Å². The summed E-state index contributed by atoms with van der Waals surface area (Å²) in [6.45, 7) is 5.48. The van der Waals surface area contributed by atoms with Crippen molar-refractivity contribution in [3.8, 4) is 22.7 Å². The Kier molecular flexibility index (Phi) is 9.25. The van der Waals surface area contributed by atoms with Crippen molar-refractivity contribution in [3.63, 3.8) is 0 Å². The molecule has 0 radical (unpaired) electrons. The van der Waals surface area contributed by atoms with Gasteiger partial charge >= 0.3 is 5.97 Å². The van der Waals surface area contributed by atoms with Crippen molar-refractivity contribution >= 4 is 51.1 Å². The summed E-state index contributed by atoms with van der Waals surface area (Å²) in [5, 5.41) is 4.93. The Morgan fingerprint density at radius 2 is 1.89 bits per heavy atom. The number of carbonyl (C=O) groups excluding carboxylic acids is 1. The zero-order valence-corrected chi connectivity index (χ0v) is 28.5. The van der Waals surface area contributed by atoms with E-state index in [-0.39, 0.29) is 12.2 Å². The fourth-order valence-electron chi connectivity index (χ4n) is 5.28. The van der Waals surface area contributed by atoms with Gasteiger partial charge in [-0.2, -0.15) is 5.10 Å². The minimum absolute atomic E-state index is 0.0494. The van der Waals surface area contributed by atoms with Gasteiger partial charge in [0.15, 0.2) is 4.80 Å². The number of halogens is 1. The third-order valence-corrected chi connectivity index (χ3v) is 9.83. The highest BCUT2D eigenvalue weighted by Crippen LogP contribution is 2.33. The molecule has 0 N–H and O–H groups in total. The smallest absolute Gasteiger partial charge is 0.338 e. The number of nitrogens with zero attached hydrogens (tertiary/aromatic N) is 4. The van der Waals surface area contributed by atoms with Gasteiger partial charge in [-0.05, 0) is 83.2 Å². The summed E-state index contributed by atoms with van der Waals surface area (Å²) in [4.78, 5) is 34.0. The van der Waals surface area contributed by atoms with Crippen LogP contribution in [-0.2, 0) is 9.53 Å². The van der Waals surface area contributed by atoms with Gasteiger partial charge in [-0.15, -0.1) is 11.8 Å². The molecule has 0 spiro atoms. The second-order valence-corrected chi connectivity index (χ2v) is 13.0. The van der Waals surface area contributed by atoms with E-state index in [1.165, 1.54) is 17.4 Å². The second-order valence-electron chi connectivity index (χ2n) is 10.3. The molecule has 232 valence electrons. The molecule has 0 bridgehead atoms. The van der Waals surface area contributed by atoms with Gasteiger partial charge in [0.05, 0.1) is 39.1 Å². The number of benzene rings is 3. The SMILES string of the molecule is C=CCOC(=O)C1=C(C)N=c2sc(=Cc3cn(-c4ccccc4)nc3-c3ccc(OC)c(Br)c3)c(=O)n2C1c1ccc(SC)cc1.